The summed E-state index contributed by atoms with van der Waals surface area (Å²) in [6, 6.07) is 9.04. The monoisotopic (exact) mass is 289 g/mol. The molecule has 2 rings (SSSR count). The van der Waals surface area contributed by atoms with Gasteiger partial charge in [-0.2, -0.15) is 0 Å². The van der Waals surface area contributed by atoms with Crippen molar-refractivity contribution in [3.05, 3.63) is 46.2 Å². The number of hydrogen-bond donors (Lipinski definition) is 3. The Morgan fingerprint density at radius 3 is 2.95 bits per heavy atom. The van der Waals surface area contributed by atoms with E-state index in [2.05, 4.69) is 15.6 Å². The number of pyridine rings is 1. The summed E-state index contributed by atoms with van der Waals surface area (Å²) >= 11 is 0. The van der Waals surface area contributed by atoms with Crippen LogP contribution >= 0.6 is 0 Å². The van der Waals surface area contributed by atoms with Gasteiger partial charge < -0.3 is 20.4 Å². The topological polar surface area (TPSA) is 83.2 Å². The molecule has 112 valence electrons. The predicted molar refractivity (Wildman–Crippen MR) is 81.2 cm³/mol. The van der Waals surface area contributed by atoms with Crippen LogP contribution in [-0.4, -0.2) is 37.7 Å². The highest BCUT2D eigenvalue weighted by molar-refractivity contribution is 5.83. The van der Waals surface area contributed by atoms with E-state index >= 15 is 0 Å². The molecule has 0 aliphatic carbocycles. The fourth-order valence-corrected chi connectivity index (χ4v) is 2.06. The normalized spacial score (nSPS) is 10.7. The van der Waals surface area contributed by atoms with Crippen LogP contribution < -0.4 is 16.2 Å². The zero-order valence-electron chi connectivity index (χ0n) is 11.9. The van der Waals surface area contributed by atoms with E-state index in [1.165, 1.54) is 6.07 Å². The van der Waals surface area contributed by atoms with Gasteiger partial charge in [-0.25, -0.2) is 0 Å². The number of nitrogens with one attached hydrogen (secondary N) is 3. The average molecular weight is 289 g/mol. The number of aromatic nitrogens is 1. The van der Waals surface area contributed by atoms with Gasteiger partial charge in [-0.15, -0.1) is 0 Å². The van der Waals surface area contributed by atoms with Crippen LogP contribution in [-0.2, 0) is 16.1 Å². The van der Waals surface area contributed by atoms with Crippen LogP contribution in [0.15, 0.2) is 35.1 Å². The molecule has 0 fully saturated rings. The van der Waals surface area contributed by atoms with Crippen molar-refractivity contribution in [3.8, 4) is 0 Å². The lowest BCUT2D eigenvalue weighted by molar-refractivity contribution is -0.120. The van der Waals surface area contributed by atoms with Crippen LogP contribution in [0.1, 0.15) is 5.56 Å². The number of benzene rings is 1. The summed E-state index contributed by atoms with van der Waals surface area (Å²) < 4.78 is 4.88. The van der Waals surface area contributed by atoms with E-state index in [1.807, 2.05) is 24.3 Å². The largest absolute Gasteiger partial charge is 0.383 e. The van der Waals surface area contributed by atoms with Gasteiger partial charge in [-0.1, -0.05) is 18.2 Å². The molecule has 1 aromatic carbocycles. The molecule has 0 aliphatic rings. The van der Waals surface area contributed by atoms with E-state index in [9.17, 15) is 9.59 Å². The van der Waals surface area contributed by atoms with E-state index in [1.54, 1.807) is 7.11 Å². The van der Waals surface area contributed by atoms with E-state index in [0.29, 0.717) is 19.7 Å². The fourth-order valence-electron chi connectivity index (χ4n) is 2.06. The summed E-state index contributed by atoms with van der Waals surface area (Å²) in [6.45, 7) is 1.74. The minimum atomic E-state index is -0.170. The highest BCUT2D eigenvalue weighted by Gasteiger charge is 2.05. The molecule has 2 aromatic rings. The average Bonchev–Trinajstić information content (AvgIpc) is 2.49. The zero-order valence-corrected chi connectivity index (χ0v) is 11.9. The van der Waals surface area contributed by atoms with E-state index < -0.39 is 0 Å². The van der Waals surface area contributed by atoms with Crippen molar-refractivity contribution < 1.29 is 9.53 Å². The molecule has 0 atom stereocenters. The lowest BCUT2D eigenvalue weighted by atomic mass is 10.1. The first-order valence-electron chi connectivity index (χ1n) is 6.78. The summed E-state index contributed by atoms with van der Waals surface area (Å²) in [5, 5.41) is 6.70. The van der Waals surface area contributed by atoms with Crippen LogP contribution in [0.25, 0.3) is 10.9 Å². The lowest BCUT2D eigenvalue weighted by Gasteiger charge is -2.09. The van der Waals surface area contributed by atoms with Crippen molar-refractivity contribution in [3.63, 3.8) is 0 Å². The number of fused-ring (bicyclic) bond motifs is 1. The van der Waals surface area contributed by atoms with Crippen molar-refractivity contribution in [2.24, 2.45) is 0 Å². The van der Waals surface area contributed by atoms with Gasteiger partial charge in [0.15, 0.2) is 0 Å². The third-order valence-corrected chi connectivity index (χ3v) is 3.08. The van der Waals surface area contributed by atoms with E-state index in [4.69, 9.17) is 4.74 Å². The summed E-state index contributed by atoms with van der Waals surface area (Å²) in [4.78, 5) is 26.1. The van der Waals surface area contributed by atoms with Crippen molar-refractivity contribution in [2.45, 2.75) is 6.54 Å². The standard InChI is InChI=1S/C15H19N3O3/c1-21-7-6-16-10-15(20)17-9-11-8-14(19)18-13-5-3-2-4-12(11)13/h2-5,8,16H,6-7,9-10H2,1H3,(H,17,20)(H,18,19). The second-order valence-corrected chi connectivity index (χ2v) is 4.65. The number of carbonyl (C=O) groups is 1. The number of methoxy groups -OCH3 is 1. The Kier molecular flexibility index (Phi) is 5.48. The molecule has 1 amide bonds. The van der Waals surface area contributed by atoms with Gasteiger partial charge in [0.05, 0.1) is 13.2 Å². The van der Waals surface area contributed by atoms with Crippen molar-refractivity contribution >= 4 is 16.8 Å². The maximum absolute atomic E-state index is 11.7. The molecule has 0 radical (unpaired) electrons. The molecule has 0 bridgehead atoms. The number of amides is 1. The lowest BCUT2D eigenvalue weighted by Crippen LogP contribution is -2.35. The minimum absolute atomic E-state index is 0.115. The van der Waals surface area contributed by atoms with Gasteiger partial charge in [0, 0.05) is 37.2 Å². The molecule has 3 N–H and O–H groups in total. The smallest absolute Gasteiger partial charge is 0.248 e. The first-order valence-corrected chi connectivity index (χ1v) is 6.78. The number of para-hydroxylation sites is 1. The molecule has 1 aromatic heterocycles. The van der Waals surface area contributed by atoms with Crippen LogP contribution in [0, 0.1) is 0 Å². The van der Waals surface area contributed by atoms with Gasteiger partial charge >= 0.3 is 0 Å². The summed E-state index contributed by atoms with van der Waals surface area (Å²) in [5.74, 6) is -0.115. The molecule has 0 spiro atoms. The van der Waals surface area contributed by atoms with Gasteiger partial charge in [-0.3, -0.25) is 9.59 Å². The second-order valence-electron chi connectivity index (χ2n) is 4.65. The summed E-state index contributed by atoms with van der Waals surface area (Å²) in [6.07, 6.45) is 0. The number of hydrogen-bond acceptors (Lipinski definition) is 4. The third kappa shape index (κ3) is 4.40. The molecule has 0 saturated heterocycles. The number of aromatic amines is 1. The number of H-pyrrole nitrogens is 1. The molecular weight excluding hydrogens is 270 g/mol. The quantitative estimate of drug-likeness (QED) is 0.644. The SMILES string of the molecule is COCCNCC(=O)NCc1cc(=O)[nH]c2ccccc12. The Hall–Kier alpha value is -2.18. The highest BCUT2D eigenvalue weighted by Crippen LogP contribution is 2.13. The Morgan fingerprint density at radius 1 is 1.33 bits per heavy atom. The van der Waals surface area contributed by atoms with Crippen molar-refractivity contribution in [1.82, 2.24) is 15.6 Å². The zero-order chi connectivity index (χ0) is 15.1. The molecule has 21 heavy (non-hydrogen) atoms. The van der Waals surface area contributed by atoms with Crippen LogP contribution in [0.4, 0.5) is 0 Å². The maximum atomic E-state index is 11.7. The molecule has 0 saturated carbocycles. The third-order valence-electron chi connectivity index (χ3n) is 3.08. The Morgan fingerprint density at radius 2 is 2.14 bits per heavy atom. The van der Waals surface area contributed by atoms with Gasteiger partial charge in [0.2, 0.25) is 11.5 Å². The highest BCUT2D eigenvalue weighted by atomic mass is 16.5. The fraction of sp³-hybridized carbons (Fsp3) is 0.333. The van der Waals surface area contributed by atoms with Gasteiger partial charge in [0.1, 0.15) is 0 Å². The van der Waals surface area contributed by atoms with E-state index in [0.717, 1.165) is 16.5 Å². The second kappa shape index (κ2) is 7.56. The number of rotatable bonds is 7. The molecule has 0 unspecified atom stereocenters. The van der Waals surface area contributed by atoms with Crippen molar-refractivity contribution in [1.29, 1.82) is 0 Å². The minimum Gasteiger partial charge on any atom is -0.383 e. The molecule has 1 heterocycles. The maximum Gasteiger partial charge on any atom is 0.248 e. The number of carbonyl (C=O) groups excluding carboxylic acids is 1. The first-order chi connectivity index (χ1) is 10.2. The number of ether oxygens (including phenoxy) is 1. The Bertz CT molecular complexity index is 667. The van der Waals surface area contributed by atoms with Crippen LogP contribution in [0.3, 0.4) is 0 Å². The summed E-state index contributed by atoms with van der Waals surface area (Å²) in [7, 11) is 1.61. The molecule has 6 nitrogen and oxygen atoms in total. The molecule has 6 heteroatoms. The predicted octanol–water partition coefficient (Wildman–Crippen LogP) is 0.380. The molecular formula is C15H19N3O3. The van der Waals surface area contributed by atoms with Gasteiger partial charge in [-0.05, 0) is 11.6 Å². The van der Waals surface area contributed by atoms with E-state index in [-0.39, 0.29) is 18.0 Å². The van der Waals surface area contributed by atoms with Crippen LogP contribution in [0.5, 0.6) is 0 Å². The van der Waals surface area contributed by atoms with Crippen molar-refractivity contribution in [2.75, 3.05) is 26.8 Å². The Labute approximate surface area is 122 Å². The van der Waals surface area contributed by atoms with Gasteiger partial charge in [0.25, 0.3) is 0 Å². The van der Waals surface area contributed by atoms with Crippen LogP contribution in [0.2, 0.25) is 0 Å². The molecule has 0 aliphatic heterocycles. The summed E-state index contributed by atoms with van der Waals surface area (Å²) in [5.41, 5.74) is 1.41. The first kappa shape index (κ1) is 15.2. The Balaban J connectivity index is 1.97.